The van der Waals surface area contributed by atoms with Crippen LogP contribution in [0.25, 0.3) is 0 Å². The van der Waals surface area contributed by atoms with E-state index in [0.717, 1.165) is 0 Å². The van der Waals surface area contributed by atoms with E-state index in [2.05, 4.69) is 0 Å². The molecule has 3 nitrogen and oxygen atoms in total. The molecule has 0 aliphatic heterocycles. The van der Waals surface area contributed by atoms with Gasteiger partial charge in [0.1, 0.15) is 0 Å². The van der Waals surface area contributed by atoms with Crippen LogP contribution in [0.1, 0.15) is 25.2 Å². The first kappa shape index (κ1) is 17.0. The Kier molecular flexibility index (Phi) is 5.63. The number of benzene rings is 1. The van der Waals surface area contributed by atoms with E-state index in [-0.39, 0.29) is 19.3 Å². The molecule has 0 radical (unpaired) electrons. The first-order chi connectivity index (χ1) is 9.28. The minimum Gasteiger partial charge on any atom is -0.388 e. The largest absolute Gasteiger partial charge is 0.539 e. The smallest absolute Gasteiger partial charge is 0.388 e. The standard InChI is InChI=1S/C11H13F5O3Si/c1-3-18-20(17,19-4-2)11(16)6-5-7(12)9(14)10(15)8(6)13/h5,11,17H,3-4H2,1-2H3. The highest BCUT2D eigenvalue weighted by molar-refractivity contribution is 6.60. The quantitative estimate of drug-likeness (QED) is 0.380. The number of halogens is 5. The zero-order valence-corrected chi connectivity index (χ0v) is 11.7. The molecule has 0 aromatic heterocycles. The number of hydrogen-bond donors (Lipinski definition) is 1. The van der Waals surface area contributed by atoms with Crippen molar-refractivity contribution in [2.24, 2.45) is 0 Å². The maximum atomic E-state index is 14.2. The fourth-order valence-electron chi connectivity index (χ4n) is 1.57. The van der Waals surface area contributed by atoms with Crippen LogP contribution in [0, 0.1) is 23.3 Å². The van der Waals surface area contributed by atoms with Gasteiger partial charge in [0, 0.05) is 18.8 Å². The summed E-state index contributed by atoms with van der Waals surface area (Å²) in [5, 5.41) is 0. The van der Waals surface area contributed by atoms with Crippen LogP contribution in [0.15, 0.2) is 6.07 Å². The van der Waals surface area contributed by atoms with Crippen molar-refractivity contribution in [3.05, 3.63) is 34.9 Å². The van der Waals surface area contributed by atoms with E-state index in [9.17, 15) is 26.7 Å². The first-order valence-electron chi connectivity index (χ1n) is 5.75. The molecule has 0 aliphatic carbocycles. The van der Waals surface area contributed by atoms with Gasteiger partial charge in [-0.3, -0.25) is 0 Å². The second-order valence-corrected chi connectivity index (χ2v) is 6.09. The normalized spacial score (nSPS) is 13.6. The van der Waals surface area contributed by atoms with Gasteiger partial charge in [-0.15, -0.1) is 0 Å². The molecule has 0 amide bonds. The van der Waals surface area contributed by atoms with Gasteiger partial charge in [0.2, 0.25) is 0 Å². The molecule has 20 heavy (non-hydrogen) atoms. The van der Waals surface area contributed by atoms with Gasteiger partial charge in [0.05, 0.1) is 0 Å². The Morgan fingerprint density at radius 2 is 1.55 bits per heavy atom. The third kappa shape index (κ3) is 3.17. The topological polar surface area (TPSA) is 38.7 Å². The summed E-state index contributed by atoms with van der Waals surface area (Å²) in [6.45, 7) is 2.53. The van der Waals surface area contributed by atoms with Crippen LogP contribution >= 0.6 is 0 Å². The Morgan fingerprint density at radius 1 is 1.05 bits per heavy atom. The van der Waals surface area contributed by atoms with E-state index in [1.165, 1.54) is 13.8 Å². The van der Waals surface area contributed by atoms with Gasteiger partial charge in [0.25, 0.3) is 0 Å². The summed E-state index contributed by atoms with van der Waals surface area (Å²) in [5.74, 6) is -10.6. The molecule has 0 saturated carbocycles. The third-order valence-electron chi connectivity index (χ3n) is 2.43. The third-order valence-corrected chi connectivity index (χ3v) is 4.78. The van der Waals surface area contributed by atoms with E-state index in [0.29, 0.717) is 0 Å². The zero-order chi connectivity index (χ0) is 15.5. The number of alkyl halides is 1. The summed E-state index contributed by atoms with van der Waals surface area (Å²) in [7, 11) is -4.55. The van der Waals surface area contributed by atoms with Crippen LogP contribution in [0.2, 0.25) is 0 Å². The molecule has 0 spiro atoms. The summed E-state index contributed by atoms with van der Waals surface area (Å²) in [4.78, 5) is 9.92. The van der Waals surface area contributed by atoms with Gasteiger partial charge in [-0.05, 0) is 19.9 Å². The van der Waals surface area contributed by atoms with Gasteiger partial charge in [-0.1, -0.05) is 0 Å². The highest BCUT2D eigenvalue weighted by Gasteiger charge is 2.50. The van der Waals surface area contributed by atoms with E-state index in [1.54, 1.807) is 0 Å². The molecule has 0 heterocycles. The second kappa shape index (κ2) is 6.61. The lowest BCUT2D eigenvalue weighted by Crippen LogP contribution is -2.48. The fourth-order valence-corrected chi connectivity index (χ4v) is 3.38. The van der Waals surface area contributed by atoms with Crippen LogP contribution in [-0.4, -0.2) is 26.8 Å². The molecule has 1 unspecified atom stereocenters. The van der Waals surface area contributed by atoms with Crippen molar-refractivity contribution >= 4 is 8.80 Å². The minimum atomic E-state index is -4.55. The summed E-state index contributed by atoms with van der Waals surface area (Å²) in [5.41, 5.74) is -1.18. The summed E-state index contributed by atoms with van der Waals surface area (Å²) in [6.07, 6.45) is 0. The lowest BCUT2D eigenvalue weighted by Gasteiger charge is -2.26. The lowest BCUT2D eigenvalue weighted by atomic mass is 10.2. The molecule has 114 valence electrons. The minimum absolute atomic E-state index is 0.133. The predicted molar refractivity (Wildman–Crippen MR) is 61.3 cm³/mol. The van der Waals surface area contributed by atoms with Crippen LogP contribution < -0.4 is 0 Å². The van der Waals surface area contributed by atoms with Crippen LogP contribution in [0.4, 0.5) is 22.0 Å². The van der Waals surface area contributed by atoms with Crippen molar-refractivity contribution in [1.29, 1.82) is 0 Å². The molecule has 1 atom stereocenters. The molecule has 0 saturated heterocycles. The molecular weight excluding hydrogens is 303 g/mol. The molecular formula is C11H13F5O3Si. The molecule has 1 aromatic carbocycles. The van der Waals surface area contributed by atoms with E-state index < -0.39 is 43.4 Å². The van der Waals surface area contributed by atoms with Crippen molar-refractivity contribution in [2.75, 3.05) is 13.2 Å². The van der Waals surface area contributed by atoms with Gasteiger partial charge >= 0.3 is 8.80 Å². The molecule has 0 bridgehead atoms. The van der Waals surface area contributed by atoms with Crippen molar-refractivity contribution in [3.63, 3.8) is 0 Å². The maximum absolute atomic E-state index is 14.2. The van der Waals surface area contributed by atoms with E-state index >= 15 is 0 Å². The Hall–Kier alpha value is -1.03. The molecule has 1 rings (SSSR count). The molecule has 0 aliphatic rings. The Labute approximate surface area is 113 Å². The SMILES string of the molecule is CCO[Si](O)(OCC)C(F)c1cc(F)c(F)c(F)c1F. The van der Waals surface area contributed by atoms with Gasteiger partial charge < -0.3 is 13.6 Å². The van der Waals surface area contributed by atoms with Gasteiger partial charge in [0.15, 0.2) is 29.1 Å². The summed E-state index contributed by atoms with van der Waals surface area (Å²) in [6, 6.07) is 0.133. The van der Waals surface area contributed by atoms with Gasteiger partial charge in [-0.25, -0.2) is 22.0 Å². The maximum Gasteiger partial charge on any atom is 0.539 e. The Morgan fingerprint density at radius 3 is 2.00 bits per heavy atom. The summed E-state index contributed by atoms with van der Waals surface area (Å²) >= 11 is 0. The highest BCUT2D eigenvalue weighted by Crippen LogP contribution is 2.32. The van der Waals surface area contributed by atoms with Crippen molar-refractivity contribution in [1.82, 2.24) is 0 Å². The molecule has 0 fully saturated rings. The van der Waals surface area contributed by atoms with Crippen molar-refractivity contribution in [2.45, 2.75) is 19.6 Å². The monoisotopic (exact) mass is 316 g/mol. The van der Waals surface area contributed by atoms with E-state index in [4.69, 9.17) is 8.85 Å². The Bertz CT molecular complexity index is 480. The first-order valence-corrected chi connectivity index (χ1v) is 7.59. The van der Waals surface area contributed by atoms with Gasteiger partial charge in [-0.2, -0.15) is 0 Å². The van der Waals surface area contributed by atoms with Crippen molar-refractivity contribution < 1.29 is 35.6 Å². The second-order valence-electron chi connectivity index (χ2n) is 3.75. The fraction of sp³-hybridized carbons (Fsp3) is 0.455. The van der Waals surface area contributed by atoms with Crippen LogP contribution in [-0.2, 0) is 8.85 Å². The molecule has 1 N–H and O–H groups in total. The van der Waals surface area contributed by atoms with E-state index in [1.807, 2.05) is 0 Å². The highest BCUT2D eigenvalue weighted by atomic mass is 28.4. The summed E-state index contributed by atoms with van der Waals surface area (Å²) < 4.78 is 76.1. The number of rotatable bonds is 6. The zero-order valence-electron chi connectivity index (χ0n) is 10.7. The average molecular weight is 316 g/mol. The predicted octanol–water partition coefficient (Wildman–Crippen LogP) is 2.80. The lowest BCUT2D eigenvalue weighted by molar-refractivity contribution is 0.0749. The van der Waals surface area contributed by atoms with Crippen LogP contribution in [0.5, 0.6) is 0 Å². The Balaban J connectivity index is 3.28. The molecule has 9 heteroatoms. The van der Waals surface area contributed by atoms with Crippen LogP contribution in [0.3, 0.4) is 0 Å². The molecule has 1 aromatic rings. The van der Waals surface area contributed by atoms with Crippen molar-refractivity contribution in [3.8, 4) is 0 Å². The number of hydrogen-bond acceptors (Lipinski definition) is 3. The average Bonchev–Trinajstić information content (AvgIpc) is 2.40.